The minimum atomic E-state index is -3.17. The van der Waals surface area contributed by atoms with Gasteiger partial charge < -0.3 is 9.72 Å². The van der Waals surface area contributed by atoms with Crippen LogP contribution in [0, 0.1) is 5.82 Å². The third kappa shape index (κ3) is 4.00. The van der Waals surface area contributed by atoms with Gasteiger partial charge in [-0.05, 0) is 55.2 Å². The van der Waals surface area contributed by atoms with Crippen molar-refractivity contribution in [2.45, 2.75) is 25.2 Å². The van der Waals surface area contributed by atoms with E-state index in [4.69, 9.17) is 4.74 Å². The zero-order valence-corrected chi connectivity index (χ0v) is 17.3. The van der Waals surface area contributed by atoms with E-state index in [1.165, 1.54) is 18.4 Å². The molecule has 0 saturated carbocycles. The summed E-state index contributed by atoms with van der Waals surface area (Å²) >= 11 is 0. The number of pyridine rings is 1. The standard InChI is InChI=1S/C21H24FN3O3S/c1-28-20-6-5-15(22)12-17(20)16-7-9-23-21-18(16)13-19(24-21)14-4-3-10-25(11-8-14)29(2,26)27/h5-7,9,12-14H,3-4,8,10-11H2,1-2H3,(H,23,24). The molecule has 2 aromatic heterocycles. The molecule has 29 heavy (non-hydrogen) atoms. The molecule has 1 saturated heterocycles. The SMILES string of the molecule is COc1ccc(F)cc1-c1ccnc2[nH]c(C3CCCN(S(C)(=O)=O)CC3)cc12. The van der Waals surface area contributed by atoms with Crippen molar-refractivity contribution in [2.75, 3.05) is 26.5 Å². The molecule has 1 aliphatic heterocycles. The molecule has 0 radical (unpaired) electrons. The third-order valence-corrected chi connectivity index (χ3v) is 6.90. The maximum Gasteiger partial charge on any atom is 0.211 e. The van der Waals surface area contributed by atoms with Crippen LogP contribution in [0.3, 0.4) is 0 Å². The van der Waals surface area contributed by atoms with Gasteiger partial charge in [-0.3, -0.25) is 0 Å². The van der Waals surface area contributed by atoms with Crippen LogP contribution >= 0.6 is 0 Å². The molecule has 4 rings (SSSR count). The Morgan fingerprint density at radius 1 is 1.17 bits per heavy atom. The van der Waals surface area contributed by atoms with Gasteiger partial charge >= 0.3 is 0 Å². The number of methoxy groups -OCH3 is 1. The van der Waals surface area contributed by atoms with E-state index < -0.39 is 10.0 Å². The van der Waals surface area contributed by atoms with Crippen molar-refractivity contribution in [3.63, 3.8) is 0 Å². The lowest BCUT2D eigenvalue weighted by molar-refractivity contribution is 0.415. The van der Waals surface area contributed by atoms with Crippen molar-refractivity contribution < 1.29 is 17.5 Å². The summed E-state index contributed by atoms with van der Waals surface area (Å²) in [5.74, 6) is 0.490. The zero-order valence-electron chi connectivity index (χ0n) is 16.5. The Bertz CT molecular complexity index is 1140. The number of sulfonamides is 1. The Balaban J connectivity index is 1.71. The maximum absolute atomic E-state index is 13.9. The van der Waals surface area contributed by atoms with E-state index in [2.05, 4.69) is 16.0 Å². The van der Waals surface area contributed by atoms with Crippen molar-refractivity contribution in [3.05, 3.63) is 48.0 Å². The molecule has 0 amide bonds. The fourth-order valence-corrected chi connectivity index (χ4v) is 5.00. The number of halogens is 1. The van der Waals surface area contributed by atoms with Gasteiger partial charge in [0.25, 0.3) is 0 Å². The summed E-state index contributed by atoms with van der Waals surface area (Å²) in [6.07, 6.45) is 5.42. The van der Waals surface area contributed by atoms with Gasteiger partial charge in [-0.25, -0.2) is 22.1 Å². The van der Waals surface area contributed by atoms with Crippen molar-refractivity contribution in [3.8, 4) is 16.9 Å². The van der Waals surface area contributed by atoms with Crippen LogP contribution in [0.15, 0.2) is 36.5 Å². The normalized spacial score (nSPS) is 18.7. The van der Waals surface area contributed by atoms with E-state index in [-0.39, 0.29) is 11.7 Å². The van der Waals surface area contributed by atoms with Crippen LogP contribution < -0.4 is 4.74 Å². The van der Waals surface area contributed by atoms with Crippen LogP contribution in [0.2, 0.25) is 0 Å². The molecule has 0 bridgehead atoms. The number of hydrogen-bond donors (Lipinski definition) is 1. The Morgan fingerprint density at radius 3 is 2.76 bits per heavy atom. The zero-order chi connectivity index (χ0) is 20.6. The quantitative estimate of drug-likeness (QED) is 0.698. The van der Waals surface area contributed by atoms with Crippen LogP contribution in [0.5, 0.6) is 5.75 Å². The minimum absolute atomic E-state index is 0.221. The van der Waals surface area contributed by atoms with Gasteiger partial charge in [0.05, 0.1) is 13.4 Å². The summed E-state index contributed by atoms with van der Waals surface area (Å²) in [6, 6.07) is 8.38. The number of fused-ring (bicyclic) bond motifs is 1. The summed E-state index contributed by atoms with van der Waals surface area (Å²) in [5, 5.41) is 0.899. The van der Waals surface area contributed by atoms with Crippen molar-refractivity contribution in [1.29, 1.82) is 0 Å². The monoisotopic (exact) mass is 417 g/mol. The first-order valence-electron chi connectivity index (χ1n) is 9.63. The van der Waals surface area contributed by atoms with Gasteiger partial charge in [-0.15, -0.1) is 0 Å². The average Bonchev–Trinajstić information content (AvgIpc) is 2.95. The molecule has 1 aromatic carbocycles. The lowest BCUT2D eigenvalue weighted by Gasteiger charge is -2.17. The summed E-state index contributed by atoms with van der Waals surface area (Å²) < 4.78 is 44.6. The Morgan fingerprint density at radius 2 is 2.00 bits per heavy atom. The molecule has 3 heterocycles. The number of hydrogen-bond acceptors (Lipinski definition) is 4. The van der Waals surface area contributed by atoms with Crippen molar-refractivity contribution in [2.24, 2.45) is 0 Å². The molecule has 1 atom stereocenters. The predicted octanol–water partition coefficient (Wildman–Crippen LogP) is 3.91. The number of ether oxygens (including phenoxy) is 1. The van der Waals surface area contributed by atoms with E-state index in [1.54, 1.807) is 23.7 Å². The molecular formula is C21H24FN3O3S. The highest BCUT2D eigenvalue weighted by Crippen LogP contribution is 2.37. The molecule has 3 aromatic rings. The van der Waals surface area contributed by atoms with Gasteiger partial charge in [0.2, 0.25) is 10.0 Å². The number of H-pyrrole nitrogens is 1. The lowest BCUT2D eigenvalue weighted by Crippen LogP contribution is -2.30. The van der Waals surface area contributed by atoms with Gasteiger partial charge in [0, 0.05) is 41.8 Å². The predicted molar refractivity (Wildman–Crippen MR) is 111 cm³/mol. The highest BCUT2D eigenvalue weighted by molar-refractivity contribution is 7.88. The number of aromatic amines is 1. The molecule has 0 spiro atoms. The molecule has 1 N–H and O–H groups in total. The first-order chi connectivity index (χ1) is 13.9. The van der Waals surface area contributed by atoms with Crippen LogP contribution in [0.4, 0.5) is 4.39 Å². The number of benzene rings is 1. The smallest absolute Gasteiger partial charge is 0.211 e. The van der Waals surface area contributed by atoms with Crippen LogP contribution in [0.1, 0.15) is 30.9 Å². The van der Waals surface area contributed by atoms with Crippen LogP contribution in [0.25, 0.3) is 22.2 Å². The number of nitrogens with zero attached hydrogens (tertiary/aromatic N) is 2. The van der Waals surface area contributed by atoms with Crippen molar-refractivity contribution in [1.82, 2.24) is 14.3 Å². The van der Waals surface area contributed by atoms with Crippen LogP contribution in [-0.2, 0) is 10.0 Å². The Labute approximate surface area is 169 Å². The van der Waals surface area contributed by atoms with Gasteiger partial charge in [-0.2, -0.15) is 0 Å². The molecule has 154 valence electrons. The molecule has 6 nitrogen and oxygen atoms in total. The molecule has 1 unspecified atom stereocenters. The van der Waals surface area contributed by atoms with Crippen molar-refractivity contribution >= 4 is 21.1 Å². The second kappa shape index (κ2) is 7.76. The van der Waals surface area contributed by atoms with E-state index in [1.807, 2.05) is 6.07 Å². The highest BCUT2D eigenvalue weighted by atomic mass is 32.2. The number of rotatable bonds is 4. The molecule has 8 heteroatoms. The second-order valence-corrected chi connectivity index (χ2v) is 9.46. The van der Waals surface area contributed by atoms with Gasteiger partial charge in [0.15, 0.2) is 0 Å². The van der Waals surface area contributed by atoms with E-state index in [0.717, 1.165) is 41.6 Å². The minimum Gasteiger partial charge on any atom is -0.496 e. The highest BCUT2D eigenvalue weighted by Gasteiger charge is 2.25. The summed E-state index contributed by atoms with van der Waals surface area (Å²) in [4.78, 5) is 7.84. The first-order valence-corrected chi connectivity index (χ1v) is 11.5. The van der Waals surface area contributed by atoms with E-state index in [9.17, 15) is 12.8 Å². The van der Waals surface area contributed by atoms with Crippen LogP contribution in [-0.4, -0.2) is 49.1 Å². The summed E-state index contributed by atoms with van der Waals surface area (Å²) in [7, 11) is -1.61. The lowest BCUT2D eigenvalue weighted by atomic mass is 9.96. The molecular weight excluding hydrogens is 393 g/mol. The summed E-state index contributed by atoms with van der Waals surface area (Å²) in [5.41, 5.74) is 3.29. The maximum atomic E-state index is 13.9. The topological polar surface area (TPSA) is 75.3 Å². The fraction of sp³-hybridized carbons (Fsp3) is 0.381. The second-order valence-electron chi connectivity index (χ2n) is 7.48. The van der Waals surface area contributed by atoms with Gasteiger partial charge in [-0.1, -0.05) is 0 Å². The first kappa shape index (κ1) is 19.8. The Kier molecular flexibility index (Phi) is 5.31. The average molecular weight is 418 g/mol. The molecule has 1 fully saturated rings. The largest absolute Gasteiger partial charge is 0.496 e. The fourth-order valence-electron chi connectivity index (χ4n) is 4.11. The number of aromatic nitrogens is 2. The molecule has 0 aliphatic carbocycles. The Hall–Kier alpha value is -2.45. The molecule has 1 aliphatic rings. The third-order valence-electron chi connectivity index (χ3n) is 5.60. The van der Waals surface area contributed by atoms with E-state index in [0.29, 0.717) is 24.4 Å². The van der Waals surface area contributed by atoms with Gasteiger partial charge in [0.1, 0.15) is 17.2 Å². The van der Waals surface area contributed by atoms with E-state index >= 15 is 0 Å². The summed E-state index contributed by atoms with van der Waals surface area (Å²) in [6.45, 7) is 1.07. The number of nitrogens with one attached hydrogen (secondary N) is 1.